The summed E-state index contributed by atoms with van der Waals surface area (Å²) in [4.78, 5) is 12.4. The van der Waals surface area contributed by atoms with Crippen LogP contribution in [-0.4, -0.2) is 15.7 Å². The molecule has 0 radical (unpaired) electrons. The van der Waals surface area contributed by atoms with E-state index in [1.165, 1.54) is 7.05 Å². The number of benzene rings is 1. The molecule has 0 spiro atoms. The molecule has 1 N–H and O–H groups in total. The van der Waals surface area contributed by atoms with Crippen molar-refractivity contribution in [1.82, 2.24) is 9.78 Å². The highest BCUT2D eigenvalue weighted by molar-refractivity contribution is 6.06. The zero-order valence-corrected chi connectivity index (χ0v) is 13.3. The Balaban J connectivity index is 2.35. The topological polar surface area (TPSA) is 46.9 Å². The summed E-state index contributed by atoms with van der Waals surface area (Å²) in [6.45, 7) is 5.66. The smallest absolute Gasteiger partial charge is 0.262 e. The standard InChI is InChI=1S/C17H20FN3O/c1-5-8-11(2)13-9-6-7-10-14(13)19-17(22)15-12(3)20-21(4)16(15)18/h6-10H,5H2,1-4H3,(H,19,22)/b11-8-. The first kappa shape index (κ1) is 15.9. The van der Waals surface area contributed by atoms with Gasteiger partial charge in [-0.3, -0.25) is 4.79 Å². The van der Waals surface area contributed by atoms with Gasteiger partial charge >= 0.3 is 0 Å². The number of allylic oxidation sites excluding steroid dienone is 2. The van der Waals surface area contributed by atoms with Gasteiger partial charge in [-0.1, -0.05) is 31.2 Å². The summed E-state index contributed by atoms with van der Waals surface area (Å²) < 4.78 is 15.1. The minimum Gasteiger partial charge on any atom is -0.321 e. The molecule has 1 aromatic heterocycles. The number of halogens is 1. The van der Waals surface area contributed by atoms with Crippen molar-refractivity contribution >= 4 is 17.2 Å². The summed E-state index contributed by atoms with van der Waals surface area (Å²) in [5, 5.41) is 6.72. The number of para-hydroxylation sites is 1. The molecule has 0 fully saturated rings. The van der Waals surface area contributed by atoms with Gasteiger partial charge in [-0.15, -0.1) is 0 Å². The Labute approximate surface area is 129 Å². The van der Waals surface area contributed by atoms with Crippen LogP contribution in [0.2, 0.25) is 0 Å². The second-order valence-corrected chi connectivity index (χ2v) is 5.17. The molecular formula is C17H20FN3O. The first-order chi connectivity index (χ1) is 10.5. The number of hydrogen-bond donors (Lipinski definition) is 1. The van der Waals surface area contributed by atoms with Gasteiger partial charge in [0.25, 0.3) is 5.91 Å². The van der Waals surface area contributed by atoms with Crippen LogP contribution in [0.25, 0.3) is 5.57 Å². The summed E-state index contributed by atoms with van der Waals surface area (Å²) >= 11 is 0. The number of amides is 1. The van der Waals surface area contributed by atoms with Crippen LogP contribution in [0.15, 0.2) is 30.3 Å². The first-order valence-corrected chi connectivity index (χ1v) is 7.22. The Hall–Kier alpha value is -2.43. The van der Waals surface area contributed by atoms with Gasteiger partial charge in [0.2, 0.25) is 5.95 Å². The van der Waals surface area contributed by atoms with Gasteiger partial charge in [0.1, 0.15) is 5.56 Å². The number of rotatable bonds is 4. The molecule has 5 heteroatoms. The van der Waals surface area contributed by atoms with Crippen LogP contribution in [0.1, 0.15) is 41.9 Å². The highest BCUT2D eigenvalue weighted by atomic mass is 19.1. The van der Waals surface area contributed by atoms with E-state index >= 15 is 0 Å². The molecule has 0 saturated heterocycles. The average molecular weight is 301 g/mol. The number of nitrogens with zero attached hydrogens (tertiary/aromatic N) is 2. The van der Waals surface area contributed by atoms with E-state index in [1.807, 2.05) is 31.2 Å². The molecule has 0 aliphatic carbocycles. The van der Waals surface area contributed by atoms with Gasteiger partial charge in [-0.25, -0.2) is 4.68 Å². The molecular weight excluding hydrogens is 281 g/mol. The Morgan fingerprint density at radius 1 is 1.41 bits per heavy atom. The molecule has 22 heavy (non-hydrogen) atoms. The van der Waals surface area contributed by atoms with E-state index in [9.17, 15) is 9.18 Å². The summed E-state index contributed by atoms with van der Waals surface area (Å²) in [7, 11) is 1.47. The van der Waals surface area contributed by atoms with Crippen molar-refractivity contribution in [3.05, 3.63) is 53.1 Å². The average Bonchev–Trinajstić information content (AvgIpc) is 2.73. The number of carbonyl (C=O) groups excluding carboxylic acids is 1. The highest BCUT2D eigenvalue weighted by Crippen LogP contribution is 2.25. The van der Waals surface area contributed by atoms with Crippen molar-refractivity contribution in [2.75, 3.05) is 5.32 Å². The van der Waals surface area contributed by atoms with Crippen molar-refractivity contribution in [3.8, 4) is 0 Å². The van der Waals surface area contributed by atoms with Crippen molar-refractivity contribution in [3.63, 3.8) is 0 Å². The molecule has 0 atom stereocenters. The van der Waals surface area contributed by atoms with Crippen LogP contribution in [0.5, 0.6) is 0 Å². The minimum atomic E-state index is -0.631. The highest BCUT2D eigenvalue weighted by Gasteiger charge is 2.21. The molecule has 1 heterocycles. The zero-order valence-electron chi connectivity index (χ0n) is 13.3. The number of aromatic nitrogens is 2. The lowest BCUT2D eigenvalue weighted by Gasteiger charge is -2.11. The van der Waals surface area contributed by atoms with E-state index < -0.39 is 11.9 Å². The number of nitrogens with one attached hydrogen (secondary N) is 1. The fourth-order valence-electron chi connectivity index (χ4n) is 2.42. The van der Waals surface area contributed by atoms with Gasteiger partial charge in [0, 0.05) is 18.3 Å². The van der Waals surface area contributed by atoms with Gasteiger partial charge in [-0.05, 0) is 31.9 Å². The predicted molar refractivity (Wildman–Crippen MR) is 86.2 cm³/mol. The van der Waals surface area contributed by atoms with Crippen molar-refractivity contribution in [1.29, 1.82) is 0 Å². The van der Waals surface area contributed by atoms with Gasteiger partial charge in [0.05, 0.1) is 5.69 Å². The fourth-order valence-corrected chi connectivity index (χ4v) is 2.42. The van der Waals surface area contributed by atoms with Crippen molar-refractivity contribution in [2.24, 2.45) is 7.05 Å². The molecule has 1 amide bonds. The van der Waals surface area contributed by atoms with Crippen LogP contribution in [0.4, 0.5) is 10.1 Å². The maximum atomic E-state index is 14.0. The molecule has 0 aliphatic heterocycles. The van der Waals surface area contributed by atoms with Crippen LogP contribution in [0.3, 0.4) is 0 Å². The maximum Gasteiger partial charge on any atom is 0.262 e. The van der Waals surface area contributed by atoms with E-state index in [0.29, 0.717) is 11.4 Å². The lowest BCUT2D eigenvalue weighted by Crippen LogP contribution is -2.15. The molecule has 0 bridgehead atoms. The Morgan fingerprint density at radius 3 is 2.68 bits per heavy atom. The third kappa shape index (κ3) is 3.08. The Kier molecular flexibility index (Phi) is 4.75. The molecule has 4 nitrogen and oxygen atoms in total. The normalized spacial score (nSPS) is 11.6. The minimum absolute atomic E-state index is 0.0190. The second-order valence-electron chi connectivity index (χ2n) is 5.17. The van der Waals surface area contributed by atoms with Crippen LogP contribution in [0, 0.1) is 12.9 Å². The summed E-state index contributed by atoms with van der Waals surface area (Å²) in [5.41, 5.74) is 3.02. The monoisotopic (exact) mass is 301 g/mol. The molecule has 1 aromatic carbocycles. The number of carbonyl (C=O) groups is 1. The van der Waals surface area contributed by atoms with Gasteiger partial charge in [0.15, 0.2) is 0 Å². The third-order valence-electron chi connectivity index (χ3n) is 3.49. The molecule has 0 saturated carbocycles. The van der Waals surface area contributed by atoms with Crippen LogP contribution in [-0.2, 0) is 7.05 Å². The van der Waals surface area contributed by atoms with Crippen molar-refractivity contribution in [2.45, 2.75) is 27.2 Å². The summed E-state index contributed by atoms with van der Waals surface area (Å²) in [6.07, 6.45) is 2.99. The van der Waals surface area contributed by atoms with E-state index in [4.69, 9.17) is 0 Å². The second kappa shape index (κ2) is 6.56. The third-order valence-corrected chi connectivity index (χ3v) is 3.49. The summed E-state index contributed by atoms with van der Waals surface area (Å²) in [6, 6.07) is 7.49. The largest absolute Gasteiger partial charge is 0.321 e. The first-order valence-electron chi connectivity index (χ1n) is 7.22. The lowest BCUT2D eigenvalue weighted by molar-refractivity contribution is 0.102. The van der Waals surface area contributed by atoms with Gasteiger partial charge < -0.3 is 5.32 Å². The molecule has 2 rings (SSSR count). The SMILES string of the molecule is CC/C=C(/C)c1ccccc1NC(=O)c1c(C)nn(C)c1F. The predicted octanol–water partition coefficient (Wildman–Crippen LogP) is 3.93. The van der Waals surface area contributed by atoms with Crippen LogP contribution >= 0.6 is 0 Å². The number of hydrogen-bond acceptors (Lipinski definition) is 2. The van der Waals surface area contributed by atoms with E-state index in [-0.39, 0.29) is 5.56 Å². The molecule has 116 valence electrons. The Bertz CT molecular complexity index is 732. The van der Waals surface area contributed by atoms with Gasteiger partial charge in [-0.2, -0.15) is 9.49 Å². The van der Waals surface area contributed by atoms with Crippen LogP contribution < -0.4 is 5.32 Å². The number of anilines is 1. The van der Waals surface area contributed by atoms with E-state index in [0.717, 1.165) is 22.2 Å². The quantitative estimate of drug-likeness (QED) is 0.930. The Morgan fingerprint density at radius 2 is 2.09 bits per heavy atom. The lowest BCUT2D eigenvalue weighted by atomic mass is 10.0. The number of aryl methyl sites for hydroxylation is 2. The van der Waals surface area contributed by atoms with E-state index in [1.54, 1.807) is 6.92 Å². The molecule has 0 unspecified atom stereocenters. The maximum absolute atomic E-state index is 14.0. The fraction of sp³-hybridized carbons (Fsp3) is 0.294. The summed E-state index contributed by atoms with van der Waals surface area (Å²) in [5.74, 6) is -1.12. The molecule has 2 aromatic rings. The van der Waals surface area contributed by atoms with E-state index in [2.05, 4.69) is 23.4 Å². The molecule has 0 aliphatic rings. The van der Waals surface area contributed by atoms with Crippen molar-refractivity contribution < 1.29 is 9.18 Å². The zero-order chi connectivity index (χ0) is 16.3.